The van der Waals surface area contributed by atoms with E-state index in [-0.39, 0.29) is 0 Å². The molecule has 0 saturated heterocycles. The van der Waals surface area contributed by atoms with E-state index in [0.717, 1.165) is 4.13 Å². The number of halogens is 6. The summed E-state index contributed by atoms with van der Waals surface area (Å²) >= 11 is 0. The monoisotopic (exact) mass is 466 g/mol. The Kier molecular flexibility index (Phi) is 12.2. The van der Waals surface area contributed by atoms with Gasteiger partial charge in [-0.3, -0.25) is 0 Å². The zero-order valence-corrected chi connectivity index (χ0v) is 17.9. The van der Waals surface area contributed by atoms with Crippen LogP contribution in [0, 0.1) is 0 Å². The van der Waals surface area contributed by atoms with Crippen molar-refractivity contribution in [1.82, 2.24) is 0 Å². The van der Waals surface area contributed by atoms with Crippen molar-refractivity contribution in [3.8, 4) is 0 Å². The van der Waals surface area contributed by atoms with E-state index in [9.17, 15) is 43.2 Å². The summed E-state index contributed by atoms with van der Waals surface area (Å²) in [7, 11) is -13.4. The molecule has 28 heavy (non-hydrogen) atoms. The van der Waals surface area contributed by atoms with Crippen molar-refractivity contribution in [1.29, 1.82) is 0 Å². The average molecular weight is 467 g/mol. The van der Waals surface area contributed by atoms with Crippen LogP contribution in [0.15, 0.2) is 0 Å². The Hall–Kier alpha value is -0.600. The van der Waals surface area contributed by atoms with Gasteiger partial charge >= 0.3 is 11.0 Å². The Morgan fingerprint density at radius 1 is 0.679 bits per heavy atom. The van der Waals surface area contributed by atoms with E-state index in [1.807, 2.05) is 0 Å². The molecule has 0 aromatic carbocycles. The summed E-state index contributed by atoms with van der Waals surface area (Å²) < 4.78 is 111. The van der Waals surface area contributed by atoms with Crippen molar-refractivity contribution >= 4 is 20.0 Å². The highest BCUT2D eigenvalue weighted by atomic mass is 32.3. The van der Waals surface area contributed by atoms with Crippen molar-refractivity contribution in [3.05, 3.63) is 4.13 Å². The molecule has 172 valence electrons. The second-order valence-electron chi connectivity index (χ2n) is 6.04. The Morgan fingerprint density at radius 3 is 1.32 bits per heavy atom. The van der Waals surface area contributed by atoms with Crippen LogP contribution in [0.2, 0.25) is 0 Å². The van der Waals surface area contributed by atoms with Crippen molar-refractivity contribution in [2.75, 3.05) is 26.2 Å². The second kappa shape index (κ2) is 11.6. The first kappa shape index (κ1) is 29.6. The SMILES string of the molecule is CCCCC[N+](CC)(CC)CCC.O=S(=O)([N-]S(=O)(=O)C(F)(F)F)C(F)(F)F. The van der Waals surface area contributed by atoms with Gasteiger partial charge in [-0.05, 0) is 33.1 Å². The molecule has 0 atom stereocenters. The maximum atomic E-state index is 11.4. The minimum atomic E-state index is -6.72. The first-order valence-corrected chi connectivity index (χ1v) is 11.5. The summed E-state index contributed by atoms with van der Waals surface area (Å²) in [6, 6.07) is 0. The molecule has 0 aliphatic rings. The van der Waals surface area contributed by atoms with Gasteiger partial charge in [0.05, 0.1) is 26.2 Å². The number of rotatable bonds is 10. The van der Waals surface area contributed by atoms with Gasteiger partial charge < -0.3 is 8.61 Å². The van der Waals surface area contributed by atoms with E-state index in [4.69, 9.17) is 0 Å². The Morgan fingerprint density at radius 2 is 1.07 bits per heavy atom. The number of unbranched alkanes of at least 4 members (excludes halogenated alkanes) is 2. The number of sulfonamides is 2. The van der Waals surface area contributed by atoms with Crippen molar-refractivity contribution in [3.63, 3.8) is 0 Å². The van der Waals surface area contributed by atoms with Crippen molar-refractivity contribution in [2.45, 2.75) is 64.4 Å². The van der Waals surface area contributed by atoms with Crippen LogP contribution in [-0.4, -0.2) is 58.5 Å². The van der Waals surface area contributed by atoms with E-state index >= 15 is 0 Å². The molecule has 0 fully saturated rings. The molecule has 0 N–H and O–H groups in total. The van der Waals surface area contributed by atoms with Crippen LogP contribution in [0.1, 0.15) is 53.4 Å². The second-order valence-corrected chi connectivity index (χ2v) is 9.47. The first-order valence-electron chi connectivity index (χ1n) is 8.67. The smallest absolute Gasteiger partial charge is 0.421 e. The molecule has 6 nitrogen and oxygen atoms in total. The average Bonchev–Trinajstić information content (AvgIpc) is 2.52. The van der Waals surface area contributed by atoms with E-state index in [0.29, 0.717) is 0 Å². The summed E-state index contributed by atoms with van der Waals surface area (Å²) in [5.41, 5.74) is -12.4. The minimum Gasteiger partial charge on any atom is -0.421 e. The van der Waals surface area contributed by atoms with Crippen LogP contribution in [0.3, 0.4) is 0 Å². The van der Waals surface area contributed by atoms with E-state index in [2.05, 4.69) is 27.7 Å². The molecule has 0 saturated carbocycles. The third-order valence-corrected chi connectivity index (χ3v) is 6.80. The van der Waals surface area contributed by atoms with Gasteiger partial charge in [-0.1, -0.05) is 20.3 Å². The third-order valence-electron chi connectivity index (χ3n) is 4.06. The molecule has 0 amide bonds. The Balaban J connectivity index is 0. The van der Waals surface area contributed by atoms with Crippen LogP contribution in [0.5, 0.6) is 0 Å². The summed E-state index contributed by atoms with van der Waals surface area (Å²) in [4.78, 5) is 0. The molecule has 0 aliphatic heterocycles. The fraction of sp³-hybridized carbons (Fsp3) is 1.00. The summed E-state index contributed by atoms with van der Waals surface area (Å²) in [6.45, 7) is 14.7. The predicted octanol–water partition coefficient (Wildman–Crippen LogP) is 4.50. The Labute approximate surface area is 163 Å². The minimum absolute atomic E-state index is 0.778. The van der Waals surface area contributed by atoms with Crippen LogP contribution in [-0.2, 0) is 20.0 Å². The van der Waals surface area contributed by atoms with E-state index in [1.165, 1.54) is 56.3 Å². The molecule has 0 radical (unpaired) electrons. The molecule has 14 heteroatoms. The highest BCUT2D eigenvalue weighted by Gasteiger charge is 2.46. The van der Waals surface area contributed by atoms with E-state index < -0.39 is 31.1 Å². The Bertz CT molecular complexity index is 600. The van der Waals surface area contributed by atoms with Crippen LogP contribution in [0.25, 0.3) is 4.13 Å². The van der Waals surface area contributed by atoms with Gasteiger partial charge in [0.1, 0.15) is 0 Å². The summed E-state index contributed by atoms with van der Waals surface area (Å²) in [5.74, 6) is 0. The van der Waals surface area contributed by atoms with Gasteiger partial charge in [0.2, 0.25) is 0 Å². The molecule has 0 rings (SSSR count). The molecule has 0 aromatic rings. The zero-order valence-electron chi connectivity index (χ0n) is 16.3. The quantitative estimate of drug-likeness (QED) is 0.270. The van der Waals surface area contributed by atoms with Gasteiger partial charge in [0.25, 0.3) is 0 Å². The lowest BCUT2D eigenvalue weighted by molar-refractivity contribution is -0.925. The summed E-state index contributed by atoms with van der Waals surface area (Å²) in [5, 5.41) is 0. The lowest BCUT2D eigenvalue weighted by Gasteiger charge is -2.36. The largest absolute Gasteiger partial charge is 0.480 e. The summed E-state index contributed by atoms with van der Waals surface area (Å²) in [6.07, 6.45) is 5.50. The van der Waals surface area contributed by atoms with Gasteiger partial charge in [0.15, 0.2) is 20.0 Å². The van der Waals surface area contributed by atoms with Crippen LogP contribution in [0.4, 0.5) is 26.3 Å². The molecular weight excluding hydrogens is 438 g/mol. The van der Waals surface area contributed by atoms with Crippen molar-refractivity contribution in [2.24, 2.45) is 0 Å². The number of nitrogens with zero attached hydrogens (tertiary/aromatic N) is 2. The highest BCUT2D eigenvalue weighted by molar-refractivity contribution is 8.13. The zero-order chi connectivity index (χ0) is 22.9. The molecule has 0 unspecified atom stereocenters. The lowest BCUT2D eigenvalue weighted by Crippen LogP contribution is -2.48. The van der Waals surface area contributed by atoms with Crippen LogP contribution >= 0.6 is 0 Å². The van der Waals surface area contributed by atoms with Crippen molar-refractivity contribution < 1.29 is 47.7 Å². The predicted molar refractivity (Wildman–Crippen MR) is 94.2 cm³/mol. The molecule has 0 aliphatic carbocycles. The molecule has 0 heterocycles. The number of alkyl halides is 6. The molecule has 0 aromatic heterocycles. The number of hydrogen-bond acceptors (Lipinski definition) is 4. The van der Waals surface area contributed by atoms with Crippen LogP contribution < -0.4 is 0 Å². The van der Waals surface area contributed by atoms with Gasteiger partial charge in [0, 0.05) is 0 Å². The maximum absolute atomic E-state index is 11.4. The standard InChI is InChI=1S/C12H28N.C2F6NO4S2/c1-5-9-10-12-13(7-3,8-4)11-6-2;3-1(4,5)14(10,11)9-15(12,13)2(6,7)8/h5-12H2,1-4H3;/q+1;-1. The van der Waals surface area contributed by atoms with E-state index in [1.54, 1.807) is 0 Å². The molecular formula is C14H28F6N2O4S2. The van der Waals surface area contributed by atoms with Gasteiger partial charge in [-0.25, -0.2) is 16.8 Å². The van der Waals surface area contributed by atoms with Gasteiger partial charge in [-0.2, -0.15) is 26.3 Å². The first-order chi connectivity index (χ1) is 12.4. The normalized spacial score (nSPS) is 13.8. The number of hydrogen-bond donors (Lipinski definition) is 0. The fourth-order valence-corrected chi connectivity index (χ4v) is 4.06. The topological polar surface area (TPSA) is 82.4 Å². The highest BCUT2D eigenvalue weighted by Crippen LogP contribution is 2.36. The van der Waals surface area contributed by atoms with Gasteiger partial charge in [-0.15, -0.1) is 0 Å². The fourth-order valence-electron chi connectivity index (χ4n) is 2.35. The molecule has 0 bridgehead atoms. The third kappa shape index (κ3) is 9.74. The number of quaternary nitrogens is 1. The molecule has 0 spiro atoms. The maximum Gasteiger partial charge on any atom is 0.480 e. The lowest BCUT2D eigenvalue weighted by atomic mass is 10.2.